The number of hydrogen-bond donors (Lipinski definition) is 1. The average Bonchev–Trinajstić information content (AvgIpc) is 2.96. The molecule has 1 aromatic rings. The molecule has 1 N–H and O–H groups in total. The summed E-state index contributed by atoms with van der Waals surface area (Å²) in [5.74, 6) is 1.99. The van der Waals surface area contributed by atoms with Gasteiger partial charge >= 0.3 is 0 Å². The fraction of sp³-hybridized carbons (Fsp3) is 0.867. The van der Waals surface area contributed by atoms with Gasteiger partial charge in [0.2, 0.25) is 0 Å². The predicted octanol–water partition coefficient (Wildman–Crippen LogP) is 1.65. The molecule has 1 saturated carbocycles. The van der Waals surface area contributed by atoms with Crippen molar-refractivity contribution in [3.63, 3.8) is 0 Å². The first-order chi connectivity index (χ1) is 9.86. The second-order valence-electron chi connectivity index (χ2n) is 6.19. The van der Waals surface area contributed by atoms with Gasteiger partial charge in [-0.1, -0.05) is 19.3 Å². The summed E-state index contributed by atoms with van der Waals surface area (Å²) in [6.45, 7) is 7.38. The summed E-state index contributed by atoms with van der Waals surface area (Å²) in [6.07, 6.45) is 8.79. The van der Waals surface area contributed by atoms with Crippen molar-refractivity contribution < 1.29 is 0 Å². The minimum absolute atomic E-state index is 0.682. The maximum absolute atomic E-state index is 4.41. The number of piperazine rings is 1. The number of rotatable bonds is 4. The molecule has 0 radical (unpaired) electrons. The Labute approximate surface area is 121 Å². The van der Waals surface area contributed by atoms with Crippen LogP contribution in [0.15, 0.2) is 6.33 Å². The van der Waals surface area contributed by atoms with Crippen molar-refractivity contribution in [3.8, 4) is 0 Å². The Hall–Kier alpha value is -0.940. The lowest BCUT2D eigenvalue weighted by Gasteiger charge is -2.39. The summed E-state index contributed by atoms with van der Waals surface area (Å²) < 4.78 is 2.01. The molecular weight excluding hydrogens is 250 g/mol. The van der Waals surface area contributed by atoms with Gasteiger partial charge in [-0.05, 0) is 25.7 Å². The van der Waals surface area contributed by atoms with Crippen LogP contribution in [0, 0.1) is 5.92 Å². The molecule has 0 amide bonds. The molecule has 0 aromatic carbocycles. The Balaban J connectivity index is 1.57. The van der Waals surface area contributed by atoms with Crippen LogP contribution in [-0.2, 0) is 13.1 Å². The van der Waals surface area contributed by atoms with Crippen molar-refractivity contribution >= 4 is 0 Å². The average molecular weight is 277 g/mol. The van der Waals surface area contributed by atoms with Gasteiger partial charge in [-0.15, -0.1) is 0 Å². The fourth-order valence-electron chi connectivity index (χ4n) is 3.71. The van der Waals surface area contributed by atoms with Gasteiger partial charge in [0.1, 0.15) is 12.2 Å². The zero-order valence-corrected chi connectivity index (χ0v) is 12.6. The first-order valence-electron chi connectivity index (χ1n) is 8.19. The molecule has 1 saturated heterocycles. The predicted molar refractivity (Wildman–Crippen MR) is 79.3 cm³/mol. The van der Waals surface area contributed by atoms with E-state index in [9.17, 15) is 0 Å². The highest BCUT2D eigenvalue weighted by atomic mass is 15.3. The summed E-state index contributed by atoms with van der Waals surface area (Å²) in [5.41, 5.74) is 0. The van der Waals surface area contributed by atoms with E-state index in [-0.39, 0.29) is 0 Å². The van der Waals surface area contributed by atoms with Crippen LogP contribution in [0.1, 0.15) is 44.9 Å². The van der Waals surface area contributed by atoms with Crippen LogP contribution >= 0.6 is 0 Å². The highest BCUT2D eigenvalue weighted by Crippen LogP contribution is 2.27. The van der Waals surface area contributed by atoms with Crippen LogP contribution in [0.25, 0.3) is 0 Å². The molecular formula is C15H27N5. The minimum Gasteiger partial charge on any atom is -0.311 e. The van der Waals surface area contributed by atoms with E-state index in [1.165, 1.54) is 38.6 Å². The van der Waals surface area contributed by atoms with Crippen molar-refractivity contribution in [2.75, 3.05) is 19.6 Å². The van der Waals surface area contributed by atoms with Crippen molar-refractivity contribution in [2.45, 2.75) is 58.2 Å². The van der Waals surface area contributed by atoms with Crippen molar-refractivity contribution in [1.29, 1.82) is 0 Å². The maximum atomic E-state index is 4.41. The summed E-state index contributed by atoms with van der Waals surface area (Å²) in [6, 6.07) is 0.682. The van der Waals surface area contributed by atoms with Crippen molar-refractivity contribution in [3.05, 3.63) is 12.2 Å². The Morgan fingerprint density at radius 2 is 2.15 bits per heavy atom. The van der Waals surface area contributed by atoms with E-state index in [1.807, 2.05) is 4.68 Å². The van der Waals surface area contributed by atoms with Crippen LogP contribution in [0.5, 0.6) is 0 Å². The largest absolute Gasteiger partial charge is 0.311 e. The second kappa shape index (κ2) is 6.68. The van der Waals surface area contributed by atoms with Crippen LogP contribution in [0.3, 0.4) is 0 Å². The van der Waals surface area contributed by atoms with Gasteiger partial charge in [0.25, 0.3) is 0 Å². The van der Waals surface area contributed by atoms with Gasteiger partial charge in [-0.2, -0.15) is 5.10 Å². The molecule has 0 bridgehead atoms. The first-order valence-corrected chi connectivity index (χ1v) is 8.19. The molecule has 1 unspecified atom stereocenters. The zero-order valence-electron chi connectivity index (χ0n) is 12.6. The number of nitrogens with one attached hydrogen (secondary N) is 1. The molecule has 5 nitrogen and oxygen atoms in total. The highest BCUT2D eigenvalue weighted by Gasteiger charge is 2.28. The minimum atomic E-state index is 0.682. The third-order valence-electron chi connectivity index (χ3n) is 4.87. The third kappa shape index (κ3) is 3.20. The van der Waals surface area contributed by atoms with Gasteiger partial charge in [0.05, 0.1) is 6.54 Å². The molecule has 5 heteroatoms. The Bertz CT molecular complexity index is 410. The van der Waals surface area contributed by atoms with E-state index < -0.39 is 0 Å². The number of hydrogen-bond acceptors (Lipinski definition) is 4. The number of aromatic nitrogens is 3. The molecule has 0 spiro atoms. The van der Waals surface area contributed by atoms with E-state index in [0.717, 1.165) is 37.9 Å². The van der Waals surface area contributed by atoms with E-state index in [2.05, 4.69) is 27.2 Å². The van der Waals surface area contributed by atoms with Gasteiger partial charge < -0.3 is 5.32 Å². The SMILES string of the molecule is CCn1ncnc1CN1CCNC(C2CCCCC2)C1. The molecule has 1 aromatic heterocycles. The maximum Gasteiger partial charge on any atom is 0.140 e. The normalized spacial score (nSPS) is 25.9. The highest BCUT2D eigenvalue weighted by molar-refractivity contribution is 4.90. The lowest BCUT2D eigenvalue weighted by molar-refractivity contribution is 0.137. The van der Waals surface area contributed by atoms with E-state index in [1.54, 1.807) is 6.33 Å². The topological polar surface area (TPSA) is 46.0 Å². The smallest absolute Gasteiger partial charge is 0.140 e. The van der Waals surface area contributed by atoms with Gasteiger partial charge in [-0.3, -0.25) is 4.90 Å². The standard InChI is InChI=1S/C15H27N5/c1-2-20-15(17-12-18-20)11-19-9-8-16-14(10-19)13-6-4-3-5-7-13/h12-14,16H,2-11H2,1H3. The first kappa shape index (κ1) is 14.0. The van der Waals surface area contributed by atoms with Gasteiger partial charge in [-0.25, -0.2) is 9.67 Å². The summed E-state index contributed by atoms with van der Waals surface area (Å²) in [5, 5.41) is 8.01. The van der Waals surface area contributed by atoms with Crippen molar-refractivity contribution in [1.82, 2.24) is 25.0 Å². The third-order valence-corrected chi connectivity index (χ3v) is 4.87. The molecule has 3 rings (SSSR count). The molecule has 2 aliphatic rings. The molecule has 112 valence electrons. The van der Waals surface area contributed by atoms with Gasteiger partial charge in [0.15, 0.2) is 0 Å². The number of nitrogens with zero attached hydrogens (tertiary/aromatic N) is 4. The van der Waals surface area contributed by atoms with E-state index in [4.69, 9.17) is 0 Å². The molecule has 20 heavy (non-hydrogen) atoms. The van der Waals surface area contributed by atoms with Crippen LogP contribution in [0.2, 0.25) is 0 Å². The number of aryl methyl sites for hydroxylation is 1. The fourth-order valence-corrected chi connectivity index (χ4v) is 3.71. The molecule has 2 fully saturated rings. The van der Waals surface area contributed by atoms with E-state index >= 15 is 0 Å². The Morgan fingerprint density at radius 1 is 1.30 bits per heavy atom. The van der Waals surface area contributed by atoms with Crippen molar-refractivity contribution in [2.24, 2.45) is 5.92 Å². The van der Waals surface area contributed by atoms with E-state index in [0.29, 0.717) is 6.04 Å². The summed E-state index contributed by atoms with van der Waals surface area (Å²) in [7, 11) is 0. The molecule has 1 aliphatic heterocycles. The molecule has 1 aliphatic carbocycles. The Kier molecular flexibility index (Phi) is 4.68. The van der Waals surface area contributed by atoms with Crippen LogP contribution in [-0.4, -0.2) is 45.3 Å². The van der Waals surface area contributed by atoms with Crippen LogP contribution in [0.4, 0.5) is 0 Å². The zero-order chi connectivity index (χ0) is 13.8. The van der Waals surface area contributed by atoms with Gasteiger partial charge in [0, 0.05) is 32.2 Å². The quantitative estimate of drug-likeness (QED) is 0.909. The summed E-state index contributed by atoms with van der Waals surface area (Å²) in [4.78, 5) is 6.96. The Morgan fingerprint density at radius 3 is 2.95 bits per heavy atom. The summed E-state index contributed by atoms with van der Waals surface area (Å²) >= 11 is 0. The molecule has 1 atom stereocenters. The second-order valence-corrected chi connectivity index (χ2v) is 6.19. The lowest BCUT2D eigenvalue weighted by Crippen LogP contribution is -2.53. The van der Waals surface area contributed by atoms with Crippen LogP contribution < -0.4 is 5.32 Å². The molecule has 2 heterocycles. The monoisotopic (exact) mass is 277 g/mol. The lowest BCUT2D eigenvalue weighted by atomic mass is 9.83.